The minimum Gasteiger partial charge on any atom is -0.496 e. The van der Waals surface area contributed by atoms with E-state index in [0.717, 1.165) is 0 Å². The van der Waals surface area contributed by atoms with E-state index >= 15 is 0 Å². The van der Waals surface area contributed by atoms with Crippen LogP contribution in [0.2, 0.25) is 0 Å². The van der Waals surface area contributed by atoms with Gasteiger partial charge in [0, 0.05) is 24.3 Å². The van der Waals surface area contributed by atoms with Crippen LogP contribution in [-0.2, 0) is 19.0 Å². The first-order valence-corrected chi connectivity index (χ1v) is 14.4. The molecule has 11 heteroatoms. The van der Waals surface area contributed by atoms with Gasteiger partial charge in [-0.2, -0.15) is 0 Å². The molecule has 0 radical (unpaired) electrons. The first kappa shape index (κ1) is 29.7. The number of esters is 2. The second-order valence-corrected chi connectivity index (χ2v) is 10.4. The van der Waals surface area contributed by atoms with Crippen LogP contribution in [0.25, 0.3) is 17.4 Å². The van der Waals surface area contributed by atoms with Gasteiger partial charge < -0.3 is 23.4 Å². The lowest BCUT2D eigenvalue weighted by atomic mass is 9.95. The molecule has 0 bridgehead atoms. The van der Waals surface area contributed by atoms with E-state index in [4.69, 9.17) is 23.4 Å². The van der Waals surface area contributed by atoms with E-state index in [-0.39, 0.29) is 31.0 Å². The lowest BCUT2D eigenvalue weighted by Crippen LogP contribution is -2.40. The number of benzene rings is 2. The zero-order chi connectivity index (χ0) is 30.5. The highest BCUT2D eigenvalue weighted by Crippen LogP contribution is 2.35. The van der Waals surface area contributed by atoms with Crippen LogP contribution < -0.4 is 19.6 Å². The van der Waals surface area contributed by atoms with E-state index < -0.39 is 18.0 Å². The number of aromatic nitrogens is 1. The zero-order valence-corrected chi connectivity index (χ0v) is 24.9. The van der Waals surface area contributed by atoms with E-state index in [0.29, 0.717) is 49.0 Å². The van der Waals surface area contributed by atoms with Crippen LogP contribution in [0.1, 0.15) is 41.6 Å². The summed E-state index contributed by atoms with van der Waals surface area (Å²) in [5.41, 5.74) is 1.87. The van der Waals surface area contributed by atoms with Gasteiger partial charge in [-0.1, -0.05) is 47.7 Å². The molecule has 222 valence electrons. The molecule has 5 rings (SSSR count). The Bertz CT molecular complexity index is 1880. The molecule has 2 aromatic heterocycles. The number of furan rings is 1. The number of rotatable bonds is 10. The summed E-state index contributed by atoms with van der Waals surface area (Å²) in [5, 5.41) is 0. The van der Waals surface area contributed by atoms with E-state index in [9.17, 15) is 14.4 Å². The molecule has 0 aliphatic carbocycles. The molecule has 1 aliphatic rings. The molecular formula is C32H30N2O8S. The van der Waals surface area contributed by atoms with Gasteiger partial charge in [-0.25, -0.2) is 14.6 Å². The van der Waals surface area contributed by atoms with Crippen molar-refractivity contribution in [3.8, 4) is 17.1 Å². The Labute approximate surface area is 251 Å². The van der Waals surface area contributed by atoms with E-state index in [2.05, 4.69) is 4.99 Å². The molecule has 0 saturated heterocycles. The minimum absolute atomic E-state index is 0.0509. The van der Waals surface area contributed by atoms with Crippen LogP contribution in [0.3, 0.4) is 0 Å². The first-order chi connectivity index (χ1) is 20.9. The fraction of sp³-hybridized carbons (Fsp3) is 0.250. The zero-order valence-electron chi connectivity index (χ0n) is 24.1. The van der Waals surface area contributed by atoms with Gasteiger partial charge >= 0.3 is 11.9 Å². The topological polar surface area (TPSA) is 119 Å². The predicted octanol–water partition coefficient (Wildman–Crippen LogP) is 3.87. The lowest BCUT2D eigenvalue weighted by molar-refractivity contribution is -0.140. The Morgan fingerprint density at radius 2 is 1.77 bits per heavy atom. The van der Waals surface area contributed by atoms with Crippen molar-refractivity contribution in [3.63, 3.8) is 0 Å². The molecule has 0 spiro atoms. The predicted molar refractivity (Wildman–Crippen MR) is 160 cm³/mol. The normalized spacial score (nSPS) is 14.7. The quantitative estimate of drug-likeness (QED) is 0.198. The van der Waals surface area contributed by atoms with Crippen molar-refractivity contribution in [1.29, 1.82) is 0 Å². The highest BCUT2D eigenvalue weighted by Gasteiger charge is 2.35. The third-order valence-electron chi connectivity index (χ3n) is 6.78. The maximum Gasteiger partial charge on any atom is 0.338 e. The fourth-order valence-electron chi connectivity index (χ4n) is 4.85. The average molecular weight is 603 g/mol. The van der Waals surface area contributed by atoms with Gasteiger partial charge in [0.1, 0.15) is 29.9 Å². The molecule has 0 saturated carbocycles. The molecular weight excluding hydrogens is 572 g/mol. The Balaban J connectivity index is 1.60. The van der Waals surface area contributed by atoms with Crippen molar-refractivity contribution in [1.82, 2.24) is 4.57 Å². The molecule has 0 fully saturated rings. The molecule has 1 unspecified atom stereocenters. The van der Waals surface area contributed by atoms with Crippen LogP contribution in [0.15, 0.2) is 86.1 Å². The number of thiazole rings is 1. The lowest BCUT2D eigenvalue weighted by Gasteiger charge is -2.26. The van der Waals surface area contributed by atoms with E-state index in [1.54, 1.807) is 62.4 Å². The molecule has 4 aromatic rings. The summed E-state index contributed by atoms with van der Waals surface area (Å²) in [4.78, 5) is 44.8. The monoisotopic (exact) mass is 602 g/mol. The van der Waals surface area contributed by atoms with Gasteiger partial charge in [0.05, 0.1) is 41.7 Å². The number of carbonyl (C=O) groups excluding carboxylic acids is 2. The SMILES string of the molecule is CCOC(=O)c1ccccc1-c1ccc(C=c2sc3n(c2=O)C(c2ccccc2OC)C(C(=O)OCCOC)=C(C)N=3)o1. The Kier molecular flexibility index (Phi) is 9.03. The van der Waals surface area contributed by atoms with Gasteiger partial charge in [0.25, 0.3) is 5.56 Å². The number of allylic oxidation sites excluding steroid dienone is 1. The maximum absolute atomic E-state index is 14.0. The van der Waals surface area contributed by atoms with Crippen molar-refractivity contribution < 1.29 is 33.0 Å². The van der Waals surface area contributed by atoms with Crippen LogP contribution >= 0.6 is 11.3 Å². The average Bonchev–Trinajstić information content (AvgIpc) is 3.60. The van der Waals surface area contributed by atoms with Crippen LogP contribution in [-0.4, -0.2) is 50.5 Å². The van der Waals surface area contributed by atoms with Gasteiger partial charge in [-0.05, 0) is 38.1 Å². The van der Waals surface area contributed by atoms with Crippen molar-refractivity contribution in [2.45, 2.75) is 19.9 Å². The van der Waals surface area contributed by atoms with Gasteiger partial charge in [-0.3, -0.25) is 9.36 Å². The largest absolute Gasteiger partial charge is 0.496 e. The summed E-state index contributed by atoms with van der Waals surface area (Å²) < 4.78 is 29.2. The second kappa shape index (κ2) is 13.1. The molecule has 43 heavy (non-hydrogen) atoms. The summed E-state index contributed by atoms with van der Waals surface area (Å²) in [6, 6.07) is 16.8. The third kappa shape index (κ3) is 5.95. The molecule has 2 aromatic carbocycles. The summed E-state index contributed by atoms with van der Waals surface area (Å²) in [6.07, 6.45) is 1.62. The summed E-state index contributed by atoms with van der Waals surface area (Å²) in [5.74, 6) is 0.316. The van der Waals surface area contributed by atoms with Crippen molar-refractivity contribution in [3.05, 3.63) is 109 Å². The first-order valence-electron chi connectivity index (χ1n) is 13.6. The number of hydrogen-bond acceptors (Lipinski definition) is 10. The highest BCUT2D eigenvalue weighted by atomic mass is 32.1. The van der Waals surface area contributed by atoms with E-state index in [1.165, 1.54) is 30.1 Å². The summed E-state index contributed by atoms with van der Waals surface area (Å²) in [7, 11) is 3.05. The summed E-state index contributed by atoms with van der Waals surface area (Å²) in [6.45, 7) is 3.99. The van der Waals surface area contributed by atoms with E-state index in [1.807, 2.05) is 18.2 Å². The van der Waals surface area contributed by atoms with Crippen molar-refractivity contribution >= 4 is 29.4 Å². The minimum atomic E-state index is -0.840. The smallest absolute Gasteiger partial charge is 0.338 e. The molecule has 10 nitrogen and oxygen atoms in total. The maximum atomic E-state index is 14.0. The number of carbonyl (C=O) groups is 2. The van der Waals surface area contributed by atoms with Gasteiger partial charge in [0.2, 0.25) is 0 Å². The molecule has 3 heterocycles. The standard InChI is InChI=1S/C32H30N2O8S/c1-5-40-30(36)22-11-7-6-10-21(22)25-15-14-20(42-25)18-26-29(35)34-28(23-12-8-9-13-24(23)39-4)27(19(2)33-32(34)43-26)31(37)41-17-16-38-3/h6-15,18,28H,5,16-17H2,1-4H3. The van der Waals surface area contributed by atoms with Crippen LogP contribution in [0.5, 0.6) is 5.75 Å². The van der Waals surface area contributed by atoms with Gasteiger partial charge in [-0.15, -0.1) is 0 Å². The fourth-order valence-corrected chi connectivity index (χ4v) is 5.88. The third-order valence-corrected chi connectivity index (χ3v) is 7.77. The molecule has 1 atom stereocenters. The van der Waals surface area contributed by atoms with Crippen molar-refractivity contribution in [2.75, 3.05) is 34.0 Å². The number of ether oxygens (including phenoxy) is 4. The molecule has 0 N–H and O–H groups in total. The van der Waals surface area contributed by atoms with Crippen LogP contribution in [0.4, 0.5) is 0 Å². The number of nitrogens with zero attached hydrogens (tertiary/aromatic N) is 2. The Morgan fingerprint density at radius 3 is 2.53 bits per heavy atom. The second-order valence-electron chi connectivity index (χ2n) is 9.42. The highest BCUT2D eigenvalue weighted by molar-refractivity contribution is 7.07. The Hall–Kier alpha value is -4.74. The summed E-state index contributed by atoms with van der Waals surface area (Å²) >= 11 is 1.17. The number of hydrogen-bond donors (Lipinski definition) is 0. The van der Waals surface area contributed by atoms with Crippen LogP contribution in [0, 0.1) is 0 Å². The molecule has 1 aliphatic heterocycles. The molecule has 0 amide bonds. The number of para-hydroxylation sites is 1. The van der Waals surface area contributed by atoms with Crippen molar-refractivity contribution in [2.24, 2.45) is 4.99 Å². The Morgan fingerprint density at radius 1 is 1.00 bits per heavy atom. The van der Waals surface area contributed by atoms with Gasteiger partial charge in [0.15, 0.2) is 4.80 Å². The number of fused-ring (bicyclic) bond motifs is 1. The number of methoxy groups -OCH3 is 2.